The second-order valence-electron chi connectivity index (χ2n) is 4.98. The fourth-order valence-corrected chi connectivity index (χ4v) is 1.98. The lowest BCUT2D eigenvalue weighted by Crippen LogP contribution is -2.23. The molecule has 0 saturated carbocycles. The van der Waals surface area contributed by atoms with Crippen LogP contribution in [0.1, 0.15) is 27.0 Å². The molecule has 1 aromatic carbocycles. The lowest BCUT2D eigenvalue weighted by atomic mass is 10.0. The highest BCUT2D eigenvalue weighted by atomic mass is 16.7. The van der Waals surface area contributed by atoms with Crippen molar-refractivity contribution < 1.29 is 9.63 Å². The predicted octanol–water partition coefficient (Wildman–Crippen LogP) is 1.07. The van der Waals surface area contributed by atoms with E-state index in [2.05, 4.69) is 52.2 Å². The van der Waals surface area contributed by atoms with Crippen LogP contribution in [-0.4, -0.2) is 22.5 Å². The minimum Gasteiger partial charge on any atom is -0.369 e. The number of nitrogens with one attached hydrogen (secondary N) is 2. The van der Waals surface area contributed by atoms with Crippen molar-refractivity contribution in [2.75, 3.05) is 11.9 Å². The molecule has 2 rings (SSSR count). The van der Waals surface area contributed by atoms with Crippen LogP contribution in [0.2, 0.25) is 0 Å². The number of aromatic amines is 1. The van der Waals surface area contributed by atoms with E-state index in [0.29, 0.717) is 12.5 Å². The van der Waals surface area contributed by atoms with Crippen molar-refractivity contribution in [3.05, 3.63) is 57.0 Å². The molecule has 0 aliphatic carbocycles. The van der Waals surface area contributed by atoms with Gasteiger partial charge in [-0.05, 0) is 37.0 Å². The number of carbonyl (C=O) groups is 1. The molecule has 22 heavy (non-hydrogen) atoms. The molecular formula is C15H18N4O3. The number of aromatic nitrogens is 2. The fourth-order valence-electron chi connectivity index (χ4n) is 1.98. The van der Waals surface area contributed by atoms with Crippen LogP contribution < -0.4 is 16.8 Å². The van der Waals surface area contributed by atoms with Gasteiger partial charge >= 0.3 is 5.97 Å². The molecule has 0 aliphatic rings. The van der Waals surface area contributed by atoms with Gasteiger partial charge in [-0.1, -0.05) is 18.2 Å². The summed E-state index contributed by atoms with van der Waals surface area (Å²) >= 11 is 0. The highest BCUT2D eigenvalue weighted by molar-refractivity contribution is 5.88. The fraction of sp³-hybridized carbons (Fsp3) is 0.267. The molecule has 4 N–H and O–H groups in total. The van der Waals surface area contributed by atoms with Crippen LogP contribution in [0.15, 0.2) is 29.2 Å². The molecule has 1 heterocycles. The Kier molecular flexibility index (Phi) is 4.90. The first-order valence-corrected chi connectivity index (χ1v) is 6.81. The lowest BCUT2D eigenvalue weighted by molar-refractivity contribution is 0.0501. The van der Waals surface area contributed by atoms with Crippen molar-refractivity contribution in [1.29, 1.82) is 0 Å². The molecule has 0 radical (unpaired) electrons. The Morgan fingerprint density at radius 3 is 2.77 bits per heavy atom. The third-order valence-corrected chi connectivity index (χ3v) is 3.40. The van der Waals surface area contributed by atoms with Crippen molar-refractivity contribution in [2.45, 2.75) is 20.3 Å². The van der Waals surface area contributed by atoms with Crippen LogP contribution in [0.25, 0.3) is 0 Å². The Hall–Kier alpha value is -2.67. The number of H-pyrrole nitrogens is 1. The molecule has 0 atom stereocenters. The van der Waals surface area contributed by atoms with Crippen LogP contribution in [-0.2, 0) is 11.3 Å². The van der Waals surface area contributed by atoms with Crippen molar-refractivity contribution in [3.8, 4) is 0 Å². The average Bonchev–Trinajstić information content (AvgIpc) is 2.50. The van der Waals surface area contributed by atoms with E-state index in [-0.39, 0.29) is 5.56 Å². The highest BCUT2D eigenvalue weighted by Gasteiger charge is 2.12. The second-order valence-corrected chi connectivity index (χ2v) is 4.98. The minimum absolute atomic E-state index is 0.234. The molecule has 7 nitrogen and oxygen atoms in total. The average molecular weight is 302 g/mol. The quantitative estimate of drug-likeness (QED) is 0.713. The van der Waals surface area contributed by atoms with Crippen molar-refractivity contribution >= 4 is 11.9 Å². The van der Waals surface area contributed by atoms with Crippen LogP contribution >= 0.6 is 0 Å². The first-order valence-electron chi connectivity index (χ1n) is 6.81. The molecule has 0 saturated heterocycles. The van der Waals surface area contributed by atoms with Gasteiger partial charge in [0.25, 0.3) is 5.56 Å². The third-order valence-electron chi connectivity index (χ3n) is 3.40. The highest BCUT2D eigenvalue weighted by Crippen LogP contribution is 2.10. The van der Waals surface area contributed by atoms with Gasteiger partial charge < -0.3 is 10.2 Å². The molecule has 0 spiro atoms. The predicted molar refractivity (Wildman–Crippen MR) is 82.6 cm³/mol. The van der Waals surface area contributed by atoms with Crippen molar-refractivity contribution in [3.63, 3.8) is 0 Å². The maximum absolute atomic E-state index is 11.7. The first kappa shape index (κ1) is 15.7. The Morgan fingerprint density at radius 1 is 1.36 bits per heavy atom. The topological polar surface area (TPSA) is 110 Å². The van der Waals surface area contributed by atoms with E-state index in [4.69, 9.17) is 5.90 Å². The standard InChI is InChI=1S/C15H18N4O3/c1-9-3-4-11(7-10(9)2)5-6-17-15-18-8-12(13(20)19-15)14(21)22-16/h3-4,7-8H,5-6,16H2,1-2H3,(H2,17,18,19,20). The third kappa shape index (κ3) is 3.70. The molecular weight excluding hydrogens is 284 g/mol. The SMILES string of the molecule is Cc1ccc(CCNc2ncc(C(=O)ON)c(=O)[nH]2)cc1C. The van der Waals surface area contributed by atoms with Crippen LogP contribution in [0.4, 0.5) is 5.95 Å². The van der Waals surface area contributed by atoms with Crippen molar-refractivity contribution in [1.82, 2.24) is 9.97 Å². The normalized spacial score (nSPS) is 10.3. The number of nitrogens with two attached hydrogens (primary N) is 1. The monoisotopic (exact) mass is 302 g/mol. The van der Waals surface area contributed by atoms with Gasteiger partial charge in [0.1, 0.15) is 5.56 Å². The summed E-state index contributed by atoms with van der Waals surface area (Å²) in [6, 6.07) is 6.28. The summed E-state index contributed by atoms with van der Waals surface area (Å²) in [5.74, 6) is 4.11. The van der Waals surface area contributed by atoms with Gasteiger partial charge in [0.15, 0.2) is 0 Å². The summed E-state index contributed by atoms with van der Waals surface area (Å²) in [5.41, 5.74) is 2.86. The number of anilines is 1. The smallest absolute Gasteiger partial charge is 0.363 e. The van der Waals surface area contributed by atoms with Gasteiger partial charge in [0, 0.05) is 6.54 Å². The zero-order valence-corrected chi connectivity index (χ0v) is 12.5. The van der Waals surface area contributed by atoms with E-state index in [9.17, 15) is 9.59 Å². The van der Waals surface area contributed by atoms with E-state index in [1.54, 1.807) is 0 Å². The van der Waals surface area contributed by atoms with Gasteiger partial charge in [-0.15, -0.1) is 0 Å². The summed E-state index contributed by atoms with van der Waals surface area (Å²) in [7, 11) is 0. The maximum atomic E-state index is 11.7. The van der Waals surface area contributed by atoms with Gasteiger partial charge in [-0.3, -0.25) is 9.78 Å². The van der Waals surface area contributed by atoms with Gasteiger partial charge in [0.05, 0.1) is 6.20 Å². The Morgan fingerprint density at radius 2 is 2.14 bits per heavy atom. The molecule has 1 aromatic heterocycles. The lowest BCUT2D eigenvalue weighted by Gasteiger charge is -2.07. The Labute approximate surface area is 127 Å². The van der Waals surface area contributed by atoms with E-state index < -0.39 is 11.5 Å². The molecule has 0 unspecified atom stereocenters. The molecule has 0 bridgehead atoms. The summed E-state index contributed by atoms with van der Waals surface area (Å²) in [5, 5.41) is 3.00. The first-order chi connectivity index (χ1) is 10.5. The second kappa shape index (κ2) is 6.86. The van der Waals surface area contributed by atoms with Crippen LogP contribution in [0.5, 0.6) is 0 Å². The summed E-state index contributed by atoms with van der Waals surface area (Å²) in [6.07, 6.45) is 1.92. The van der Waals surface area contributed by atoms with Crippen molar-refractivity contribution in [2.24, 2.45) is 5.90 Å². The number of hydrogen-bond donors (Lipinski definition) is 3. The van der Waals surface area contributed by atoms with Gasteiger partial charge in [-0.25, -0.2) is 9.78 Å². The number of hydrogen-bond acceptors (Lipinski definition) is 6. The largest absolute Gasteiger partial charge is 0.369 e. The van der Waals surface area contributed by atoms with Gasteiger partial charge in [0.2, 0.25) is 5.95 Å². The molecule has 0 aliphatic heterocycles. The van der Waals surface area contributed by atoms with Gasteiger partial charge in [-0.2, -0.15) is 5.90 Å². The Balaban J connectivity index is 1.97. The van der Waals surface area contributed by atoms with E-state index in [1.807, 2.05) is 0 Å². The Bertz CT molecular complexity index is 740. The number of rotatable bonds is 5. The zero-order valence-electron chi connectivity index (χ0n) is 12.5. The summed E-state index contributed by atoms with van der Waals surface area (Å²) < 4.78 is 0. The number of nitrogens with zero attached hydrogens (tertiary/aromatic N) is 1. The number of benzene rings is 1. The molecule has 116 valence electrons. The summed E-state index contributed by atoms with van der Waals surface area (Å²) in [6.45, 7) is 4.74. The minimum atomic E-state index is -0.921. The number of aryl methyl sites for hydroxylation is 2. The zero-order chi connectivity index (χ0) is 16.1. The van der Waals surface area contributed by atoms with Crippen LogP contribution in [0.3, 0.4) is 0 Å². The molecule has 0 amide bonds. The number of carbonyl (C=O) groups excluding carboxylic acids is 1. The summed E-state index contributed by atoms with van der Waals surface area (Å²) in [4.78, 5) is 33.2. The van der Waals surface area contributed by atoms with E-state index in [0.717, 1.165) is 12.6 Å². The van der Waals surface area contributed by atoms with E-state index >= 15 is 0 Å². The molecule has 0 fully saturated rings. The molecule has 7 heteroatoms. The maximum Gasteiger partial charge on any atom is 0.363 e. The molecule has 2 aromatic rings. The van der Waals surface area contributed by atoms with E-state index in [1.165, 1.54) is 16.7 Å². The van der Waals surface area contributed by atoms with Crippen LogP contribution in [0, 0.1) is 13.8 Å².